The van der Waals surface area contributed by atoms with Crippen molar-refractivity contribution in [2.24, 2.45) is 0 Å². The maximum atomic E-state index is 12.5. The van der Waals surface area contributed by atoms with Crippen molar-refractivity contribution in [2.75, 3.05) is 11.9 Å². The minimum atomic E-state index is -1.44. The van der Waals surface area contributed by atoms with E-state index in [2.05, 4.69) is 17.2 Å². The highest BCUT2D eigenvalue weighted by Crippen LogP contribution is 2.25. The van der Waals surface area contributed by atoms with E-state index in [-0.39, 0.29) is 21.8 Å². The van der Waals surface area contributed by atoms with Crippen LogP contribution in [0.4, 0.5) is 5.69 Å². The summed E-state index contributed by atoms with van der Waals surface area (Å²) in [5, 5.41) is 14.7. The number of aromatic carboxylic acids is 1. The lowest BCUT2D eigenvalue weighted by molar-refractivity contribution is -0.254. The number of nitrogens with zero attached hydrogens (tertiary/aromatic N) is 1. The summed E-state index contributed by atoms with van der Waals surface area (Å²) in [7, 11) is 0. The van der Waals surface area contributed by atoms with E-state index in [0.717, 1.165) is 17.7 Å². The number of benzene rings is 2. The third kappa shape index (κ3) is 5.96. The van der Waals surface area contributed by atoms with Gasteiger partial charge in [-0.2, -0.15) is 0 Å². The van der Waals surface area contributed by atoms with E-state index in [9.17, 15) is 14.7 Å². The van der Waals surface area contributed by atoms with Crippen LogP contribution in [-0.2, 0) is 12.8 Å². The van der Waals surface area contributed by atoms with E-state index >= 15 is 0 Å². The normalized spacial score (nSPS) is 10.5. The molecule has 1 N–H and O–H groups in total. The molecule has 0 aliphatic rings. The van der Waals surface area contributed by atoms with Crippen LogP contribution in [0.15, 0.2) is 54.7 Å². The number of carboxylic acids is 1. The van der Waals surface area contributed by atoms with Crippen LogP contribution in [-0.4, -0.2) is 23.5 Å². The van der Waals surface area contributed by atoms with Crippen LogP contribution < -0.4 is 15.2 Å². The number of rotatable bonds is 8. The zero-order valence-corrected chi connectivity index (χ0v) is 18.2. The molecule has 0 saturated carbocycles. The highest BCUT2D eigenvalue weighted by Gasteiger charge is 2.14. The van der Waals surface area contributed by atoms with Crippen molar-refractivity contribution in [3.05, 3.63) is 87.2 Å². The van der Waals surface area contributed by atoms with Crippen LogP contribution in [0.2, 0.25) is 10.0 Å². The number of carbonyl (C=O) groups excluding carboxylic acids is 2. The molecule has 1 aromatic heterocycles. The summed E-state index contributed by atoms with van der Waals surface area (Å²) in [6, 6.07) is 12.7. The summed E-state index contributed by atoms with van der Waals surface area (Å²) in [6.45, 7) is 2.38. The Balaban J connectivity index is 1.68. The first kappa shape index (κ1) is 22.6. The summed E-state index contributed by atoms with van der Waals surface area (Å²) >= 11 is 11.9. The lowest BCUT2D eigenvalue weighted by Crippen LogP contribution is -2.25. The van der Waals surface area contributed by atoms with Crippen LogP contribution in [0, 0.1) is 0 Å². The molecule has 0 atom stereocenters. The number of hydrogen-bond acceptors (Lipinski definition) is 5. The number of ether oxygens (including phenoxy) is 1. The molecule has 3 rings (SSSR count). The minimum Gasteiger partial charge on any atom is -0.545 e. The minimum absolute atomic E-state index is 0.0696. The number of aromatic nitrogens is 1. The molecule has 6 nitrogen and oxygen atoms in total. The largest absolute Gasteiger partial charge is 0.545 e. The zero-order chi connectivity index (χ0) is 22.4. The van der Waals surface area contributed by atoms with Gasteiger partial charge < -0.3 is 20.0 Å². The van der Waals surface area contributed by atoms with Crippen molar-refractivity contribution in [1.82, 2.24) is 4.98 Å². The van der Waals surface area contributed by atoms with Crippen LogP contribution in [0.5, 0.6) is 5.75 Å². The standard InChI is InChI=1S/C23H20Cl2N2O4/c1-2-14-3-5-16(26-13-14)9-10-31-17-6-8-21(19(12-17)23(29)30)27-22(28)18-7-4-15(24)11-20(18)25/h3-8,11-13H,2,9-10H2,1H3,(H,27,28)(H,29,30)/p-1. The Hall–Kier alpha value is -3.09. The van der Waals surface area contributed by atoms with E-state index in [1.807, 2.05) is 18.3 Å². The third-order valence-electron chi connectivity index (χ3n) is 4.56. The number of aryl methyl sites for hydroxylation is 1. The van der Waals surface area contributed by atoms with Gasteiger partial charge in [0.2, 0.25) is 0 Å². The second-order valence-corrected chi connectivity index (χ2v) is 7.53. The second kappa shape index (κ2) is 10.3. The Bertz CT molecular complexity index is 1100. The first-order valence-electron chi connectivity index (χ1n) is 9.55. The summed E-state index contributed by atoms with van der Waals surface area (Å²) in [6.07, 6.45) is 3.31. The Morgan fingerprint density at radius 3 is 2.52 bits per heavy atom. The van der Waals surface area contributed by atoms with Gasteiger partial charge in [-0.25, -0.2) is 0 Å². The van der Waals surface area contributed by atoms with Crippen molar-refractivity contribution in [3.63, 3.8) is 0 Å². The van der Waals surface area contributed by atoms with Crippen molar-refractivity contribution in [2.45, 2.75) is 19.8 Å². The molecule has 0 radical (unpaired) electrons. The highest BCUT2D eigenvalue weighted by atomic mass is 35.5. The van der Waals surface area contributed by atoms with E-state index in [0.29, 0.717) is 23.8 Å². The molecular formula is C23H19Cl2N2O4-. The fraction of sp³-hybridized carbons (Fsp3) is 0.174. The zero-order valence-electron chi connectivity index (χ0n) is 16.7. The van der Waals surface area contributed by atoms with Crippen molar-refractivity contribution >= 4 is 40.8 Å². The van der Waals surface area contributed by atoms with Gasteiger partial charge >= 0.3 is 0 Å². The molecule has 3 aromatic rings. The summed E-state index contributed by atoms with van der Waals surface area (Å²) in [5.41, 5.74) is 2.06. The Morgan fingerprint density at radius 1 is 1.06 bits per heavy atom. The van der Waals surface area contributed by atoms with E-state index < -0.39 is 11.9 Å². The molecule has 0 unspecified atom stereocenters. The summed E-state index contributed by atoms with van der Waals surface area (Å²) in [4.78, 5) is 28.4. The van der Waals surface area contributed by atoms with Gasteiger partial charge in [0.1, 0.15) is 5.75 Å². The molecule has 0 bridgehead atoms. The average molecular weight is 458 g/mol. The maximum Gasteiger partial charge on any atom is 0.257 e. The van der Waals surface area contributed by atoms with Crippen molar-refractivity contribution in [1.29, 1.82) is 0 Å². The SMILES string of the molecule is CCc1ccc(CCOc2ccc(NC(=O)c3ccc(Cl)cc3Cl)c(C(=O)[O-])c2)nc1. The first-order valence-corrected chi connectivity index (χ1v) is 10.3. The van der Waals surface area contributed by atoms with Crippen LogP contribution in [0.3, 0.4) is 0 Å². The van der Waals surface area contributed by atoms with Gasteiger partial charge in [0.15, 0.2) is 0 Å². The fourth-order valence-electron chi connectivity index (χ4n) is 2.84. The molecule has 0 aliphatic heterocycles. The molecule has 0 fully saturated rings. The molecule has 1 heterocycles. The van der Waals surface area contributed by atoms with E-state index in [1.165, 1.54) is 30.3 Å². The molecule has 0 saturated heterocycles. The maximum absolute atomic E-state index is 12.5. The highest BCUT2D eigenvalue weighted by molar-refractivity contribution is 6.37. The van der Waals surface area contributed by atoms with Crippen molar-refractivity contribution in [3.8, 4) is 5.75 Å². The molecule has 0 spiro atoms. The number of anilines is 1. The number of carbonyl (C=O) groups is 2. The molecule has 160 valence electrons. The molecule has 0 aliphatic carbocycles. The Labute approximate surface area is 189 Å². The number of amides is 1. The average Bonchev–Trinajstić information content (AvgIpc) is 2.75. The first-order chi connectivity index (χ1) is 14.9. The number of nitrogens with one attached hydrogen (secondary N) is 1. The topological polar surface area (TPSA) is 91.3 Å². The molecule has 2 aromatic carbocycles. The predicted octanol–water partition coefficient (Wildman–Crippen LogP) is 4.19. The quantitative estimate of drug-likeness (QED) is 0.547. The van der Waals surface area contributed by atoms with Gasteiger partial charge in [0.05, 0.1) is 28.8 Å². The van der Waals surface area contributed by atoms with Crippen LogP contribution in [0.25, 0.3) is 0 Å². The Morgan fingerprint density at radius 2 is 1.87 bits per heavy atom. The number of halogens is 2. The van der Waals surface area contributed by atoms with Gasteiger partial charge in [-0.1, -0.05) is 36.2 Å². The van der Waals surface area contributed by atoms with Crippen molar-refractivity contribution < 1.29 is 19.4 Å². The van der Waals surface area contributed by atoms with E-state index in [4.69, 9.17) is 27.9 Å². The summed E-state index contributed by atoms with van der Waals surface area (Å²) < 4.78 is 5.65. The number of pyridine rings is 1. The van der Waals surface area contributed by atoms with Crippen LogP contribution in [0.1, 0.15) is 38.9 Å². The lowest BCUT2D eigenvalue weighted by atomic mass is 10.1. The molecular weight excluding hydrogens is 439 g/mol. The van der Waals surface area contributed by atoms with Gasteiger partial charge in [-0.3, -0.25) is 9.78 Å². The lowest BCUT2D eigenvalue weighted by Gasteiger charge is -2.15. The van der Waals surface area contributed by atoms with Gasteiger partial charge in [-0.15, -0.1) is 0 Å². The number of hydrogen-bond donors (Lipinski definition) is 1. The summed E-state index contributed by atoms with van der Waals surface area (Å²) in [5.74, 6) is -1.67. The monoisotopic (exact) mass is 457 g/mol. The molecule has 1 amide bonds. The van der Waals surface area contributed by atoms with E-state index in [1.54, 1.807) is 6.07 Å². The molecule has 31 heavy (non-hydrogen) atoms. The fourth-order valence-corrected chi connectivity index (χ4v) is 3.33. The van der Waals surface area contributed by atoms with Gasteiger partial charge in [0.25, 0.3) is 5.91 Å². The van der Waals surface area contributed by atoms with Gasteiger partial charge in [-0.05, 0) is 54.4 Å². The Kier molecular flexibility index (Phi) is 7.50. The molecule has 8 heteroatoms. The predicted molar refractivity (Wildman–Crippen MR) is 118 cm³/mol. The van der Waals surface area contributed by atoms with Crippen LogP contribution >= 0.6 is 23.2 Å². The smallest absolute Gasteiger partial charge is 0.257 e. The van der Waals surface area contributed by atoms with Gasteiger partial charge in [0, 0.05) is 28.9 Å². The third-order valence-corrected chi connectivity index (χ3v) is 5.10. The second-order valence-electron chi connectivity index (χ2n) is 6.68. The number of carboxylic acid groups (broad SMARTS) is 1.